The SMILES string of the molecule is CC.CC.CC(C)C(=O)NC(C(N)=O)C(C)O. The molecule has 0 aromatic rings. The average Bonchev–Trinajstić information content (AvgIpc) is 2.29. The predicted octanol–water partition coefficient (Wildman–Crippen LogP) is 1.05. The first-order chi connectivity index (χ1) is 7.86. The van der Waals surface area contributed by atoms with Gasteiger partial charge < -0.3 is 16.2 Å². The molecular formula is C12H28N2O3. The highest BCUT2D eigenvalue weighted by Crippen LogP contribution is 1.96. The fraction of sp³-hybridized carbons (Fsp3) is 0.833. The molecule has 104 valence electrons. The molecule has 17 heavy (non-hydrogen) atoms. The third kappa shape index (κ3) is 11.2. The molecule has 2 unspecified atom stereocenters. The molecule has 2 amide bonds. The van der Waals surface area contributed by atoms with E-state index in [0.717, 1.165) is 0 Å². The largest absolute Gasteiger partial charge is 0.391 e. The number of amides is 2. The minimum Gasteiger partial charge on any atom is -0.391 e. The zero-order valence-corrected chi connectivity index (χ0v) is 12.1. The Morgan fingerprint density at radius 2 is 1.41 bits per heavy atom. The summed E-state index contributed by atoms with van der Waals surface area (Å²) < 4.78 is 0. The molecule has 0 aliphatic carbocycles. The van der Waals surface area contributed by atoms with Crippen LogP contribution >= 0.6 is 0 Å². The van der Waals surface area contributed by atoms with E-state index in [1.54, 1.807) is 13.8 Å². The Hall–Kier alpha value is -1.10. The molecule has 0 spiro atoms. The number of nitrogens with two attached hydrogens (primary N) is 1. The molecule has 0 aliphatic heterocycles. The molecule has 0 fully saturated rings. The third-order valence-corrected chi connectivity index (χ3v) is 1.61. The molecule has 4 N–H and O–H groups in total. The number of nitrogens with one attached hydrogen (secondary N) is 1. The summed E-state index contributed by atoms with van der Waals surface area (Å²) in [5, 5.41) is 11.4. The summed E-state index contributed by atoms with van der Waals surface area (Å²) in [6, 6.07) is -1.00. The second-order valence-electron chi connectivity index (χ2n) is 3.28. The Kier molecular flexibility index (Phi) is 16.2. The highest BCUT2D eigenvalue weighted by molar-refractivity contribution is 5.87. The third-order valence-electron chi connectivity index (χ3n) is 1.61. The van der Waals surface area contributed by atoms with E-state index in [9.17, 15) is 9.59 Å². The predicted molar refractivity (Wildman–Crippen MR) is 70.3 cm³/mol. The molecule has 0 aliphatic rings. The Morgan fingerprint density at radius 3 is 1.59 bits per heavy atom. The van der Waals surface area contributed by atoms with Crippen LogP contribution in [-0.4, -0.2) is 29.1 Å². The zero-order chi connectivity index (χ0) is 14.6. The van der Waals surface area contributed by atoms with Crippen LogP contribution in [0.3, 0.4) is 0 Å². The van der Waals surface area contributed by atoms with E-state index in [2.05, 4.69) is 5.32 Å². The summed E-state index contributed by atoms with van der Waals surface area (Å²) in [6.07, 6.45) is -0.972. The standard InChI is InChI=1S/C8H16N2O3.2C2H6/c1-4(2)8(13)10-6(5(3)11)7(9)12;2*1-2/h4-6,11H,1-3H3,(H2,9,12)(H,10,13);2*1-2H3. The lowest BCUT2D eigenvalue weighted by Gasteiger charge is -2.19. The summed E-state index contributed by atoms with van der Waals surface area (Å²) in [6.45, 7) is 12.8. The van der Waals surface area contributed by atoms with E-state index in [4.69, 9.17) is 10.8 Å². The maximum atomic E-state index is 11.1. The van der Waals surface area contributed by atoms with Crippen LogP contribution in [-0.2, 0) is 9.59 Å². The zero-order valence-electron chi connectivity index (χ0n) is 12.1. The Bertz CT molecular complexity index is 204. The van der Waals surface area contributed by atoms with Crippen LogP contribution in [0.25, 0.3) is 0 Å². The maximum Gasteiger partial charge on any atom is 0.242 e. The van der Waals surface area contributed by atoms with E-state index in [1.807, 2.05) is 27.7 Å². The first-order valence-corrected chi connectivity index (χ1v) is 6.14. The van der Waals surface area contributed by atoms with Gasteiger partial charge in [0.2, 0.25) is 11.8 Å². The Balaban J connectivity index is -0.000000439. The van der Waals surface area contributed by atoms with Crippen molar-refractivity contribution in [1.29, 1.82) is 0 Å². The minimum atomic E-state index is -1.00. The lowest BCUT2D eigenvalue weighted by molar-refractivity contribution is -0.131. The van der Waals surface area contributed by atoms with Crippen molar-refractivity contribution in [3.05, 3.63) is 0 Å². The number of rotatable bonds is 4. The highest BCUT2D eigenvalue weighted by atomic mass is 16.3. The van der Waals surface area contributed by atoms with E-state index in [1.165, 1.54) is 6.92 Å². The van der Waals surface area contributed by atoms with Gasteiger partial charge in [0.05, 0.1) is 6.10 Å². The number of primary amides is 1. The van der Waals surface area contributed by atoms with Crippen molar-refractivity contribution >= 4 is 11.8 Å². The van der Waals surface area contributed by atoms with E-state index < -0.39 is 18.1 Å². The smallest absolute Gasteiger partial charge is 0.242 e. The number of hydrogen-bond acceptors (Lipinski definition) is 3. The quantitative estimate of drug-likeness (QED) is 0.694. The van der Waals surface area contributed by atoms with Gasteiger partial charge in [-0.2, -0.15) is 0 Å². The monoisotopic (exact) mass is 248 g/mol. The minimum absolute atomic E-state index is 0.236. The first-order valence-electron chi connectivity index (χ1n) is 6.14. The number of carbonyl (C=O) groups is 2. The number of aliphatic hydroxyl groups excluding tert-OH is 1. The molecule has 0 saturated carbocycles. The molecule has 0 rings (SSSR count). The average molecular weight is 248 g/mol. The van der Waals surface area contributed by atoms with Gasteiger partial charge in [0.15, 0.2) is 0 Å². The molecule has 5 nitrogen and oxygen atoms in total. The van der Waals surface area contributed by atoms with Gasteiger partial charge >= 0.3 is 0 Å². The van der Waals surface area contributed by atoms with Gasteiger partial charge in [0.25, 0.3) is 0 Å². The lowest BCUT2D eigenvalue weighted by Crippen LogP contribution is -2.51. The fourth-order valence-corrected chi connectivity index (χ4v) is 0.749. The van der Waals surface area contributed by atoms with Crippen LogP contribution in [0, 0.1) is 5.92 Å². The van der Waals surface area contributed by atoms with Gasteiger partial charge in [0, 0.05) is 5.92 Å². The Labute approximate surface area is 105 Å². The second-order valence-corrected chi connectivity index (χ2v) is 3.28. The molecule has 5 heteroatoms. The molecule has 2 atom stereocenters. The van der Waals surface area contributed by atoms with E-state index >= 15 is 0 Å². The van der Waals surface area contributed by atoms with Gasteiger partial charge in [0.1, 0.15) is 6.04 Å². The molecular weight excluding hydrogens is 220 g/mol. The Morgan fingerprint density at radius 1 is 1.06 bits per heavy atom. The van der Waals surface area contributed by atoms with E-state index in [0.29, 0.717) is 0 Å². The summed E-state index contributed by atoms with van der Waals surface area (Å²) in [7, 11) is 0. The van der Waals surface area contributed by atoms with Crippen molar-refractivity contribution < 1.29 is 14.7 Å². The second kappa shape index (κ2) is 13.0. The van der Waals surface area contributed by atoms with Crippen LogP contribution in [0.4, 0.5) is 0 Å². The molecule has 0 saturated heterocycles. The summed E-state index contributed by atoms with van der Waals surface area (Å²) >= 11 is 0. The molecule has 0 aromatic carbocycles. The van der Waals surface area contributed by atoms with Gasteiger partial charge in [-0.3, -0.25) is 9.59 Å². The number of aliphatic hydroxyl groups is 1. The van der Waals surface area contributed by atoms with Crippen molar-refractivity contribution in [2.75, 3.05) is 0 Å². The van der Waals surface area contributed by atoms with Crippen molar-refractivity contribution in [2.24, 2.45) is 11.7 Å². The lowest BCUT2D eigenvalue weighted by atomic mass is 10.1. The van der Waals surface area contributed by atoms with Crippen LogP contribution in [0.15, 0.2) is 0 Å². The molecule has 0 radical (unpaired) electrons. The highest BCUT2D eigenvalue weighted by Gasteiger charge is 2.23. The molecule has 0 bridgehead atoms. The van der Waals surface area contributed by atoms with Crippen molar-refractivity contribution in [1.82, 2.24) is 5.32 Å². The summed E-state index contributed by atoms with van der Waals surface area (Å²) in [5.41, 5.74) is 4.97. The maximum absolute atomic E-state index is 11.1. The van der Waals surface area contributed by atoms with Gasteiger partial charge in [-0.25, -0.2) is 0 Å². The van der Waals surface area contributed by atoms with Crippen LogP contribution in [0.1, 0.15) is 48.5 Å². The van der Waals surface area contributed by atoms with Crippen molar-refractivity contribution in [3.63, 3.8) is 0 Å². The van der Waals surface area contributed by atoms with Gasteiger partial charge in [-0.05, 0) is 6.92 Å². The molecule has 0 heterocycles. The summed E-state index contributed by atoms with van der Waals surface area (Å²) in [5.74, 6) is -1.27. The van der Waals surface area contributed by atoms with E-state index in [-0.39, 0.29) is 11.8 Å². The van der Waals surface area contributed by atoms with Crippen molar-refractivity contribution in [3.8, 4) is 0 Å². The number of carbonyl (C=O) groups excluding carboxylic acids is 2. The number of hydrogen-bond donors (Lipinski definition) is 3. The van der Waals surface area contributed by atoms with Gasteiger partial charge in [-0.1, -0.05) is 41.5 Å². The topological polar surface area (TPSA) is 92.4 Å². The summed E-state index contributed by atoms with van der Waals surface area (Å²) in [4.78, 5) is 21.9. The fourth-order valence-electron chi connectivity index (χ4n) is 0.749. The van der Waals surface area contributed by atoms with Crippen molar-refractivity contribution in [2.45, 2.75) is 60.6 Å². The normalized spacial score (nSPS) is 12.3. The first kappa shape index (κ1) is 21.2. The van der Waals surface area contributed by atoms with Gasteiger partial charge in [-0.15, -0.1) is 0 Å². The van der Waals surface area contributed by atoms with Crippen LogP contribution in [0.5, 0.6) is 0 Å². The molecule has 0 aromatic heterocycles. The van der Waals surface area contributed by atoms with Crippen LogP contribution in [0.2, 0.25) is 0 Å². The van der Waals surface area contributed by atoms with Crippen LogP contribution < -0.4 is 11.1 Å².